The number of aromatic nitrogens is 1. The van der Waals surface area contributed by atoms with E-state index in [9.17, 15) is 8.42 Å². The molecule has 0 unspecified atom stereocenters. The maximum atomic E-state index is 12.7. The lowest BCUT2D eigenvalue weighted by molar-refractivity contribution is 0.163. The predicted molar refractivity (Wildman–Crippen MR) is 116 cm³/mol. The molecule has 2 heterocycles. The number of sulfonamides is 1. The number of allylic oxidation sites excluding steroid dienone is 1. The third-order valence-corrected chi connectivity index (χ3v) is 8.81. The number of aromatic amines is 1. The molecule has 0 amide bonds. The van der Waals surface area contributed by atoms with E-state index >= 15 is 0 Å². The molecule has 0 bridgehead atoms. The summed E-state index contributed by atoms with van der Waals surface area (Å²) < 4.78 is 28.3. The molecule has 2 aliphatic carbocycles. The highest BCUT2D eigenvalue weighted by molar-refractivity contribution is 7.90. The Kier molecular flexibility index (Phi) is 5.78. The van der Waals surface area contributed by atoms with Crippen LogP contribution in [0.3, 0.4) is 0 Å². The number of nitriles is 1. The van der Waals surface area contributed by atoms with Crippen molar-refractivity contribution in [3.8, 4) is 6.07 Å². The lowest BCUT2D eigenvalue weighted by Crippen LogP contribution is -2.56. The van der Waals surface area contributed by atoms with Gasteiger partial charge in [0.2, 0.25) is 10.0 Å². The lowest BCUT2D eigenvalue weighted by atomic mass is 9.68. The van der Waals surface area contributed by atoms with Crippen LogP contribution in [0.5, 0.6) is 0 Å². The van der Waals surface area contributed by atoms with Gasteiger partial charge in [-0.15, -0.1) is 0 Å². The first kappa shape index (κ1) is 21.1. The predicted octanol–water partition coefficient (Wildman–Crippen LogP) is 1.90. The first-order chi connectivity index (χ1) is 14.3. The fourth-order valence-electron chi connectivity index (χ4n) is 4.93. The van der Waals surface area contributed by atoms with E-state index < -0.39 is 10.0 Å². The van der Waals surface area contributed by atoms with Crippen molar-refractivity contribution in [3.05, 3.63) is 35.2 Å². The Morgan fingerprint density at radius 2 is 2.17 bits per heavy atom. The molecule has 3 aliphatic rings. The second-order valence-corrected chi connectivity index (χ2v) is 11.4. The molecule has 0 radical (unpaired) electrons. The normalized spacial score (nSPS) is 34.0. The van der Waals surface area contributed by atoms with Crippen molar-refractivity contribution in [1.82, 2.24) is 14.6 Å². The summed E-state index contributed by atoms with van der Waals surface area (Å²) in [6, 6.07) is 4.58. The van der Waals surface area contributed by atoms with Gasteiger partial charge in [-0.3, -0.25) is 0 Å². The summed E-state index contributed by atoms with van der Waals surface area (Å²) in [5.41, 5.74) is 2.02. The van der Waals surface area contributed by atoms with E-state index in [-0.39, 0.29) is 16.7 Å². The molecule has 162 valence electrons. The smallest absolute Gasteiger partial charge is 0.214 e. The van der Waals surface area contributed by atoms with E-state index in [1.807, 2.05) is 19.3 Å². The molecule has 4 rings (SSSR count). The number of rotatable bonds is 6. The summed E-state index contributed by atoms with van der Waals surface area (Å²) >= 11 is 0. The number of hydrogen-bond acceptors (Lipinski definition) is 5. The van der Waals surface area contributed by atoms with Crippen LogP contribution >= 0.6 is 0 Å². The quantitative estimate of drug-likeness (QED) is 0.721. The Balaban J connectivity index is 1.38. The van der Waals surface area contributed by atoms with Gasteiger partial charge >= 0.3 is 0 Å². The van der Waals surface area contributed by atoms with Crippen LogP contribution in [0.25, 0.3) is 5.70 Å². The average Bonchev–Trinajstić information content (AvgIpc) is 3.11. The van der Waals surface area contributed by atoms with Crippen LogP contribution in [-0.4, -0.2) is 42.7 Å². The number of hydrogen-bond donors (Lipinski definition) is 2. The molecule has 30 heavy (non-hydrogen) atoms. The Labute approximate surface area is 178 Å². The summed E-state index contributed by atoms with van der Waals surface area (Å²) in [6.45, 7) is 2.00. The van der Waals surface area contributed by atoms with Gasteiger partial charge in [0, 0.05) is 48.9 Å². The first-order valence-electron chi connectivity index (χ1n) is 10.8. The highest BCUT2D eigenvalue weighted by Gasteiger charge is 2.48. The van der Waals surface area contributed by atoms with E-state index in [0.717, 1.165) is 42.8 Å². The molecule has 0 aromatic carbocycles. The molecule has 0 atom stereocenters. The Hall–Kier alpha value is -2.11. The number of nitrogens with one attached hydrogen (secondary N) is 2. The summed E-state index contributed by atoms with van der Waals surface area (Å²) in [6.07, 6.45) is 12.2. The number of fused-ring (bicyclic) bond motifs is 1. The van der Waals surface area contributed by atoms with Crippen molar-refractivity contribution >= 4 is 15.7 Å². The van der Waals surface area contributed by atoms with E-state index in [1.165, 1.54) is 5.70 Å². The standard InChI is InChI=1S/C22H31N5O2S/c1-22(8-9-23)14-18(15-22)30(28,29)26-16-12-17(13-16)27(2)20-6-4-3-5-10-24-21-19(20)7-11-25-21/h5,7,10-11,16-18,26H,3-4,6,8,12-15H2,1-2H3,(H,24,25)/b10-5?,20-19+/t16-,17+,18-,22-. The van der Waals surface area contributed by atoms with Crippen LogP contribution in [0, 0.1) is 16.7 Å². The highest BCUT2D eigenvalue weighted by atomic mass is 32.2. The summed E-state index contributed by atoms with van der Waals surface area (Å²) in [4.78, 5) is 10.1. The van der Waals surface area contributed by atoms with Gasteiger partial charge in [0.05, 0.1) is 11.3 Å². The van der Waals surface area contributed by atoms with Crippen LogP contribution in [0.2, 0.25) is 0 Å². The Bertz CT molecular complexity index is 1070. The molecule has 1 aromatic rings. The van der Waals surface area contributed by atoms with Gasteiger partial charge in [0.15, 0.2) is 0 Å². The third-order valence-electron chi connectivity index (χ3n) is 6.93. The maximum Gasteiger partial charge on any atom is 0.214 e. The third kappa shape index (κ3) is 4.19. The number of H-pyrrole nitrogens is 1. The van der Waals surface area contributed by atoms with E-state index in [4.69, 9.17) is 5.26 Å². The molecule has 7 nitrogen and oxygen atoms in total. The van der Waals surface area contributed by atoms with Gasteiger partial charge in [-0.1, -0.05) is 13.0 Å². The average molecular weight is 430 g/mol. The van der Waals surface area contributed by atoms with Gasteiger partial charge in [-0.05, 0) is 56.4 Å². The van der Waals surface area contributed by atoms with Crippen LogP contribution in [0.4, 0.5) is 0 Å². The molecule has 2 N–H and O–H groups in total. The van der Waals surface area contributed by atoms with Crippen molar-refractivity contribution in [2.75, 3.05) is 7.05 Å². The first-order valence-corrected chi connectivity index (χ1v) is 12.4. The lowest BCUT2D eigenvalue weighted by Gasteiger charge is -2.46. The van der Waals surface area contributed by atoms with Crippen LogP contribution in [0.1, 0.15) is 58.3 Å². The molecule has 8 heteroatoms. The van der Waals surface area contributed by atoms with Gasteiger partial charge < -0.3 is 9.88 Å². The van der Waals surface area contributed by atoms with Crippen LogP contribution in [0.15, 0.2) is 29.5 Å². The van der Waals surface area contributed by atoms with E-state index in [1.54, 1.807) is 0 Å². The number of nitrogens with zero attached hydrogens (tertiary/aromatic N) is 3. The molecule has 2 saturated carbocycles. The van der Waals surface area contributed by atoms with Gasteiger partial charge in [0.1, 0.15) is 5.49 Å². The summed E-state index contributed by atoms with van der Waals surface area (Å²) in [5.74, 6) is 0. The van der Waals surface area contributed by atoms with Crippen molar-refractivity contribution < 1.29 is 8.42 Å². The molecule has 0 saturated heterocycles. The fourth-order valence-corrected chi connectivity index (χ4v) is 7.03. The largest absolute Gasteiger partial charge is 0.374 e. The van der Waals surface area contributed by atoms with E-state index in [0.29, 0.717) is 25.3 Å². The van der Waals surface area contributed by atoms with Crippen molar-refractivity contribution in [2.24, 2.45) is 10.4 Å². The second-order valence-electron chi connectivity index (χ2n) is 9.36. The summed E-state index contributed by atoms with van der Waals surface area (Å²) in [7, 11) is -1.20. The second kappa shape index (κ2) is 8.20. The van der Waals surface area contributed by atoms with Crippen molar-refractivity contribution in [2.45, 2.75) is 75.6 Å². The molecular formula is C22H31N5O2S. The minimum absolute atomic E-state index is 0.000689. The zero-order chi connectivity index (χ0) is 21.4. The zero-order valence-corrected chi connectivity index (χ0v) is 18.6. The van der Waals surface area contributed by atoms with Gasteiger partial charge in [0.25, 0.3) is 0 Å². The highest BCUT2D eigenvalue weighted by Crippen LogP contribution is 2.46. The maximum absolute atomic E-state index is 12.7. The van der Waals surface area contributed by atoms with Crippen molar-refractivity contribution in [3.63, 3.8) is 0 Å². The zero-order valence-electron chi connectivity index (χ0n) is 17.8. The molecule has 1 aromatic heterocycles. The van der Waals surface area contributed by atoms with Crippen LogP contribution in [-0.2, 0) is 10.0 Å². The van der Waals surface area contributed by atoms with Gasteiger partial charge in [-0.25, -0.2) is 18.1 Å². The Morgan fingerprint density at radius 1 is 1.40 bits per heavy atom. The van der Waals surface area contributed by atoms with Crippen molar-refractivity contribution in [1.29, 1.82) is 5.26 Å². The van der Waals surface area contributed by atoms with E-state index in [2.05, 4.69) is 44.9 Å². The molecular weight excluding hydrogens is 398 g/mol. The molecule has 1 aliphatic heterocycles. The molecule has 2 fully saturated rings. The monoisotopic (exact) mass is 429 g/mol. The molecule has 0 spiro atoms. The fraction of sp³-hybridized carbons (Fsp3) is 0.636. The minimum Gasteiger partial charge on any atom is -0.374 e. The SMILES string of the molecule is CN(/C1=c2\cc[nH]\c2=N\C=CCCC1)[C@H]1C[C@@H](NS(=O)(=O)[C@H]2C[C@](C)(CC#N)C2)C1. The van der Waals surface area contributed by atoms with Gasteiger partial charge in [-0.2, -0.15) is 5.26 Å². The summed E-state index contributed by atoms with van der Waals surface area (Å²) in [5, 5.41) is 9.68. The Morgan fingerprint density at radius 3 is 2.90 bits per heavy atom. The van der Waals surface area contributed by atoms with Crippen LogP contribution < -0.4 is 15.4 Å². The topological polar surface area (TPSA) is 101 Å². The minimum atomic E-state index is -3.32.